The van der Waals surface area contributed by atoms with Gasteiger partial charge in [-0.1, -0.05) is 26.2 Å². The van der Waals surface area contributed by atoms with Gasteiger partial charge < -0.3 is 15.8 Å². The average molecular weight is 242 g/mol. The van der Waals surface area contributed by atoms with Gasteiger partial charge in [0.15, 0.2) is 0 Å². The quantitative estimate of drug-likeness (QED) is 0.386. The van der Waals surface area contributed by atoms with Crippen LogP contribution in [0.4, 0.5) is 0 Å². The third kappa shape index (κ3) is 15.5. The molecule has 0 aromatic heterocycles. The zero-order valence-electron chi connectivity index (χ0n) is 11.4. The summed E-state index contributed by atoms with van der Waals surface area (Å²) < 4.78 is 5.40. The molecule has 3 N–H and O–H groups in total. The molecule has 0 aliphatic carbocycles. The SMILES string of the molecule is CCCCCCC=COCCCNCCCN. The molecule has 0 saturated heterocycles. The van der Waals surface area contributed by atoms with E-state index in [2.05, 4.69) is 18.3 Å². The third-order valence-corrected chi connectivity index (χ3v) is 2.59. The fourth-order valence-corrected chi connectivity index (χ4v) is 1.53. The molecule has 3 heteroatoms. The zero-order chi connectivity index (χ0) is 12.6. The van der Waals surface area contributed by atoms with Gasteiger partial charge in [-0.25, -0.2) is 0 Å². The van der Waals surface area contributed by atoms with Gasteiger partial charge in [-0.3, -0.25) is 0 Å². The molecule has 0 unspecified atom stereocenters. The maximum atomic E-state index is 5.40. The van der Waals surface area contributed by atoms with Crippen molar-refractivity contribution in [3.05, 3.63) is 12.3 Å². The van der Waals surface area contributed by atoms with Crippen molar-refractivity contribution in [2.24, 2.45) is 5.73 Å². The van der Waals surface area contributed by atoms with Crippen LogP contribution < -0.4 is 11.1 Å². The molecule has 0 saturated carbocycles. The van der Waals surface area contributed by atoms with Gasteiger partial charge in [0.05, 0.1) is 12.9 Å². The van der Waals surface area contributed by atoms with Crippen LogP contribution in [0, 0.1) is 0 Å². The molecule has 17 heavy (non-hydrogen) atoms. The third-order valence-electron chi connectivity index (χ3n) is 2.59. The Morgan fingerprint density at radius 2 is 1.88 bits per heavy atom. The Morgan fingerprint density at radius 1 is 1.06 bits per heavy atom. The largest absolute Gasteiger partial charge is 0.501 e. The smallest absolute Gasteiger partial charge is 0.0885 e. The van der Waals surface area contributed by atoms with E-state index in [9.17, 15) is 0 Å². The Balaban J connectivity index is 2.99. The van der Waals surface area contributed by atoms with Gasteiger partial charge in [-0.2, -0.15) is 0 Å². The molecule has 0 aromatic carbocycles. The van der Waals surface area contributed by atoms with Crippen molar-refractivity contribution in [3.8, 4) is 0 Å². The fourth-order valence-electron chi connectivity index (χ4n) is 1.53. The topological polar surface area (TPSA) is 47.3 Å². The summed E-state index contributed by atoms with van der Waals surface area (Å²) in [4.78, 5) is 0. The number of unbranched alkanes of at least 4 members (excludes halogenated alkanes) is 4. The van der Waals surface area contributed by atoms with Crippen molar-refractivity contribution in [1.29, 1.82) is 0 Å². The molecular weight excluding hydrogens is 212 g/mol. The zero-order valence-corrected chi connectivity index (χ0v) is 11.4. The number of nitrogens with two attached hydrogens (primary N) is 1. The van der Waals surface area contributed by atoms with E-state index in [1.807, 2.05) is 6.26 Å². The Labute approximate surface area is 107 Å². The lowest BCUT2D eigenvalue weighted by Gasteiger charge is -2.03. The first kappa shape index (κ1) is 16.5. The number of rotatable bonds is 13. The van der Waals surface area contributed by atoms with E-state index in [1.54, 1.807) is 0 Å². The van der Waals surface area contributed by atoms with Crippen LogP contribution in [-0.4, -0.2) is 26.2 Å². The van der Waals surface area contributed by atoms with Crippen LogP contribution in [0.3, 0.4) is 0 Å². The number of hydrogen-bond donors (Lipinski definition) is 2. The van der Waals surface area contributed by atoms with Gasteiger partial charge in [0.2, 0.25) is 0 Å². The van der Waals surface area contributed by atoms with E-state index in [1.165, 1.54) is 25.7 Å². The minimum atomic E-state index is 0.768. The predicted molar refractivity (Wildman–Crippen MR) is 75.0 cm³/mol. The maximum Gasteiger partial charge on any atom is 0.0885 e. The lowest BCUT2D eigenvalue weighted by molar-refractivity contribution is 0.242. The molecule has 0 rings (SSSR count). The standard InChI is InChI=1S/C14H30N2O/c1-2-3-4-5-6-7-13-17-14-9-12-16-11-8-10-15/h7,13,16H,2-6,8-12,14-15H2,1H3. The molecule has 3 nitrogen and oxygen atoms in total. The summed E-state index contributed by atoms with van der Waals surface area (Å²) in [6.45, 7) is 5.85. The van der Waals surface area contributed by atoms with E-state index < -0.39 is 0 Å². The number of ether oxygens (including phenoxy) is 1. The number of hydrogen-bond acceptors (Lipinski definition) is 3. The predicted octanol–water partition coefficient (Wildman–Crippen LogP) is 2.82. The summed E-state index contributed by atoms with van der Waals surface area (Å²) in [5.74, 6) is 0. The fraction of sp³-hybridized carbons (Fsp3) is 0.857. The molecule has 0 aromatic rings. The van der Waals surface area contributed by atoms with Crippen molar-refractivity contribution in [3.63, 3.8) is 0 Å². The highest BCUT2D eigenvalue weighted by molar-refractivity contribution is 4.73. The van der Waals surface area contributed by atoms with Gasteiger partial charge in [-0.15, -0.1) is 0 Å². The highest BCUT2D eigenvalue weighted by Gasteiger charge is 1.88. The molecule has 0 spiro atoms. The van der Waals surface area contributed by atoms with E-state index in [4.69, 9.17) is 10.5 Å². The van der Waals surface area contributed by atoms with Crippen LogP contribution in [0.2, 0.25) is 0 Å². The van der Waals surface area contributed by atoms with Crippen LogP contribution in [0.25, 0.3) is 0 Å². The Morgan fingerprint density at radius 3 is 2.65 bits per heavy atom. The first-order valence-electron chi connectivity index (χ1n) is 7.09. The van der Waals surface area contributed by atoms with E-state index in [-0.39, 0.29) is 0 Å². The highest BCUT2D eigenvalue weighted by Crippen LogP contribution is 2.02. The number of nitrogens with one attached hydrogen (secondary N) is 1. The normalized spacial score (nSPS) is 11.2. The summed E-state index contributed by atoms with van der Waals surface area (Å²) in [6, 6.07) is 0. The van der Waals surface area contributed by atoms with Crippen LogP contribution in [0.15, 0.2) is 12.3 Å². The molecule has 0 atom stereocenters. The second-order valence-electron chi connectivity index (χ2n) is 4.34. The van der Waals surface area contributed by atoms with E-state index >= 15 is 0 Å². The van der Waals surface area contributed by atoms with Crippen molar-refractivity contribution >= 4 is 0 Å². The molecular formula is C14H30N2O. The second-order valence-corrected chi connectivity index (χ2v) is 4.34. The average Bonchev–Trinajstić information content (AvgIpc) is 2.35. The van der Waals surface area contributed by atoms with E-state index in [0.29, 0.717) is 0 Å². The molecule has 0 radical (unpaired) electrons. The maximum absolute atomic E-state index is 5.40. The summed E-state index contributed by atoms with van der Waals surface area (Å²) in [5, 5.41) is 3.33. The van der Waals surface area contributed by atoms with Crippen molar-refractivity contribution < 1.29 is 4.74 Å². The second kappa shape index (κ2) is 15.5. The van der Waals surface area contributed by atoms with Gasteiger partial charge in [0.25, 0.3) is 0 Å². The lowest BCUT2D eigenvalue weighted by Crippen LogP contribution is -2.20. The molecule has 102 valence electrons. The molecule has 0 bridgehead atoms. The summed E-state index contributed by atoms with van der Waals surface area (Å²) in [5.41, 5.74) is 5.39. The first-order valence-corrected chi connectivity index (χ1v) is 7.09. The van der Waals surface area contributed by atoms with Gasteiger partial charge >= 0.3 is 0 Å². The minimum absolute atomic E-state index is 0.768. The van der Waals surface area contributed by atoms with Crippen molar-refractivity contribution in [2.75, 3.05) is 26.2 Å². The lowest BCUT2D eigenvalue weighted by atomic mass is 10.1. The van der Waals surface area contributed by atoms with Crippen LogP contribution in [0.1, 0.15) is 51.9 Å². The Kier molecular flexibility index (Phi) is 15.0. The molecule has 0 aliphatic rings. The molecule has 0 fully saturated rings. The molecule has 0 amide bonds. The summed E-state index contributed by atoms with van der Waals surface area (Å²) in [6.07, 6.45) is 12.5. The Hall–Kier alpha value is -0.540. The van der Waals surface area contributed by atoms with Crippen LogP contribution in [-0.2, 0) is 4.74 Å². The van der Waals surface area contributed by atoms with Crippen molar-refractivity contribution in [2.45, 2.75) is 51.9 Å². The van der Waals surface area contributed by atoms with Gasteiger partial charge in [-0.05, 0) is 51.4 Å². The number of allylic oxidation sites excluding steroid dienone is 1. The van der Waals surface area contributed by atoms with E-state index in [0.717, 1.165) is 45.5 Å². The van der Waals surface area contributed by atoms with Crippen LogP contribution >= 0.6 is 0 Å². The van der Waals surface area contributed by atoms with Crippen molar-refractivity contribution in [1.82, 2.24) is 5.32 Å². The van der Waals surface area contributed by atoms with Crippen LogP contribution in [0.5, 0.6) is 0 Å². The van der Waals surface area contributed by atoms with Gasteiger partial charge in [0.1, 0.15) is 0 Å². The minimum Gasteiger partial charge on any atom is -0.501 e. The molecule has 0 heterocycles. The first-order chi connectivity index (χ1) is 8.41. The van der Waals surface area contributed by atoms with Gasteiger partial charge in [0, 0.05) is 0 Å². The Bertz CT molecular complexity index is 160. The molecule has 0 aliphatic heterocycles. The summed E-state index contributed by atoms with van der Waals surface area (Å²) in [7, 11) is 0. The monoisotopic (exact) mass is 242 g/mol. The summed E-state index contributed by atoms with van der Waals surface area (Å²) >= 11 is 0. The highest BCUT2D eigenvalue weighted by atomic mass is 16.5.